The number of hydrogen-bond donors (Lipinski definition) is 0. The topological polar surface area (TPSA) is 86.4 Å². The Balaban J connectivity index is 1.66. The van der Waals surface area contributed by atoms with E-state index in [1.807, 2.05) is 0 Å². The average molecular weight is 399 g/mol. The summed E-state index contributed by atoms with van der Waals surface area (Å²) in [7, 11) is 1.30. The highest BCUT2D eigenvalue weighted by atomic mass is 35.5. The van der Waals surface area contributed by atoms with Crippen molar-refractivity contribution in [2.24, 2.45) is 0 Å². The van der Waals surface area contributed by atoms with E-state index < -0.39 is 11.7 Å². The highest BCUT2D eigenvalue weighted by molar-refractivity contribution is 6.30. The number of aromatic nitrogens is 3. The third kappa shape index (κ3) is 3.07. The van der Waals surface area contributed by atoms with Crippen LogP contribution in [0, 0.1) is 0 Å². The lowest BCUT2D eigenvalue weighted by Crippen LogP contribution is -2.34. The number of ether oxygens (including phenoxy) is 1. The van der Waals surface area contributed by atoms with Crippen molar-refractivity contribution in [2.45, 2.75) is 13.1 Å². The molecule has 1 amide bonds. The summed E-state index contributed by atoms with van der Waals surface area (Å²) in [5, 5.41) is 0.565. The zero-order valence-corrected chi connectivity index (χ0v) is 15.6. The van der Waals surface area contributed by atoms with Gasteiger partial charge in [0.1, 0.15) is 0 Å². The van der Waals surface area contributed by atoms with E-state index in [0.29, 0.717) is 27.7 Å². The number of fused-ring (bicyclic) bond motifs is 1. The Morgan fingerprint density at radius 2 is 1.93 bits per heavy atom. The number of anilines is 1. The summed E-state index contributed by atoms with van der Waals surface area (Å²) in [6, 6.07) is 13.2. The normalized spacial score (nSPS) is 12.9. The summed E-state index contributed by atoms with van der Waals surface area (Å²) in [6.45, 7) is 0.280. The molecule has 0 N–H and O–H groups in total. The minimum absolute atomic E-state index is 0.0941. The maximum atomic E-state index is 12.9. The lowest BCUT2D eigenvalue weighted by atomic mass is 10.1. The molecule has 8 nitrogen and oxygen atoms in total. The fourth-order valence-electron chi connectivity index (χ4n) is 3.13. The van der Waals surface area contributed by atoms with E-state index in [1.165, 1.54) is 21.4 Å². The number of hydrogen-bond acceptors (Lipinski definition) is 5. The second-order valence-corrected chi connectivity index (χ2v) is 6.65. The zero-order valence-electron chi connectivity index (χ0n) is 14.8. The molecule has 3 aromatic rings. The average Bonchev–Trinajstić information content (AvgIpc) is 3.18. The van der Waals surface area contributed by atoms with Gasteiger partial charge in [-0.1, -0.05) is 23.7 Å². The first-order valence-electron chi connectivity index (χ1n) is 8.41. The van der Waals surface area contributed by atoms with Crippen molar-refractivity contribution in [1.82, 2.24) is 14.3 Å². The molecule has 0 bridgehead atoms. The van der Waals surface area contributed by atoms with Crippen LogP contribution in [0.1, 0.15) is 21.7 Å². The van der Waals surface area contributed by atoms with Crippen molar-refractivity contribution in [1.29, 1.82) is 0 Å². The lowest BCUT2D eigenvalue weighted by Gasteiger charge is -2.16. The summed E-state index contributed by atoms with van der Waals surface area (Å²) in [4.78, 5) is 42.5. The summed E-state index contributed by atoms with van der Waals surface area (Å²) in [5.74, 6) is -0.119. The van der Waals surface area contributed by atoms with Crippen LogP contribution in [-0.4, -0.2) is 33.5 Å². The van der Waals surface area contributed by atoms with Crippen LogP contribution >= 0.6 is 11.6 Å². The van der Waals surface area contributed by atoms with E-state index in [0.717, 1.165) is 0 Å². The Bertz CT molecular complexity index is 1130. The van der Waals surface area contributed by atoms with Crippen molar-refractivity contribution in [3.05, 3.63) is 81.0 Å². The number of methoxy groups -OCH3 is 1. The van der Waals surface area contributed by atoms with Gasteiger partial charge in [0.15, 0.2) is 5.82 Å². The molecule has 0 fully saturated rings. The van der Waals surface area contributed by atoms with Crippen LogP contribution in [0.3, 0.4) is 0 Å². The predicted molar refractivity (Wildman–Crippen MR) is 102 cm³/mol. The second kappa shape index (κ2) is 6.97. The molecule has 9 heteroatoms. The lowest BCUT2D eigenvalue weighted by molar-refractivity contribution is 0.0600. The molecule has 28 heavy (non-hydrogen) atoms. The molecular weight excluding hydrogens is 384 g/mol. The van der Waals surface area contributed by atoms with Gasteiger partial charge in [-0.05, 0) is 42.0 Å². The molecule has 1 aliphatic rings. The van der Waals surface area contributed by atoms with Gasteiger partial charge in [0.2, 0.25) is 0 Å². The fraction of sp³-hybridized carbons (Fsp3) is 0.158. The maximum absolute atomic E-state index is 12.9. The highest BCUT2D eigenvalue weighted by Gasteiger charge is 2.33. The Hall–Kier alpha value is -3.39. The van der Waals surface area contributed by atoms with Crippen molar-refractivity contribution in [3.8, 4) is 0 Å². The number of halogens is 1. The Morgan fingerprint density at radius 1 is 1.18 bits per heavy atom. The largest absolute Gasteiger partial charge is 0.465 e. The van der Waals surface area contributed by atoms with Crippen LogP contribution < -0.4 is 10.6 Å². The van der Waals surface area contributed by atoms with Crippen molar-refractivity contribution >= 4 is 29.3 Å². The van der Waals surface area contributed by atoms with Gasteiger partial charge < -0.3 is 4.74 Å². The number of rotatable bonds is 4. The molecule has 1 aromatic heterocycles. The van der Waals surface area contributed by atoms with E-state index in [9.17, 15) is 14.4 Å². The van der Waals surface area contributed by atoms with Crippen molar-refractivity contribution in [2.75, 3.05) is 12.0 Å². The quantitative estimate of drug-likeness (QED) is 0.630. The molecule has 2 heterocycles. The van der Waals surface area contributed by atoms with Gasteiger partial charge in [0.05, 0.1) is 25.8 Å². The van der Waals surface area contributed by atoms with Gasteiger partial charge in [-0.3, -0.25) is 4.90 Å². The van der Waals surface area contributed by atoms with E-state index in [-0.39, 0.29) is 19.1 Å². The van der Waals surface area contributed by atoms with Gasteiger partial charge in [-0.25, -0.2) is 19.1 Å². The summed E-state index contributed by atoms with van der Waals surface area (Å²) < 4.78 is 7.24. The summed E-state index contributed by atoms with van der Waals surface area (Å²) in [6.07, 6.45) is 0. The molecule has 0 unspecified atom stereocenters. The van der Waals surface area contributed by atoms with E-state index >= 15 is 0 Å². The van der Waals surface area contributed by atoms with Crippen LogP contribution in [0.25, 0.3) is 0 Å². The van der Waals surface area contributed by atoms with E-state index in [4.69, 9.17) is 16.3 Å². The van der Waals surface area contributed by atoms with E-state index in [1.54, 1.807) is 48.5 Å². The molecule has 2 aromatic carbocycles. The van der Waals surface area contributed by atoms with Gasteiger partial charge in [-0.15, -0.1) is 0 Å². The Labute approximate surface area is 164 Å². The van der Waals surface area contributed by atoms with Crippen molar-refractivity contribution in [3.63, 3.8) is 0 Å². The molecule has 0 aliphatic carbocycles. The van der Waals surface area contributed by atoms with Crippen LogP contribution in [0.4, 0.5) is 10.5 Å². The number of nitrogens with zero attached hydrogens (tertiary/aromatic N) is 4. The molecule has 4 rings (SSSR count). The minimum atomic E-state index is -0.525. The first kappa shape index (κ1) is 18.0. The Kier molecular flexibility index (Phi) is 4.48. The first-order valence-corrected chi connectivity index (χ1v) is 8.79. The third-order valence-corrected chi connectivity index (χ3v) is 4.71. The van der Waals surface area contributed by atoms with Gasteiger partial charge >= 0.3 is 17.7 Å². The number of benzene rings is 2. The van der Waals surface area contributed by atoms with Gasteiger partial charge in [0, 0.05) is 10.7 Å². The Morgan fingerprint density at radius 3 is 2.64 bits per heavy atom. The van der Waals surface area contributed by atoms with Crippen LogP contribution in [0.2, 0.25) is 5.02 Å². The van der Waals surface area contributed by atoms with Crippen LogP contribution in [0.15, 0.2) is 53.3 Å². The number of carbonyl (C=O) groups is 2. The molecule has 0 saturated carbocycles. The molecule has 0 saturated heterocycles. The van der Waals surface area contributed by atoms with Gasteiger partial charge in [-0.2, -0.15) is 9.67 Å². The monoisotopic (exact) mass is 398 g/mol. The molecular formula is C19H15ClN4O4. The van der Waals surface area contributed by atoms with E-state index in [2.05, 4.69) is 4.98 Å². The fourth-order valence-corrected chi connectivity index (χ4v) is 3.25. The van der Waals surface area contributed by atoms with Crippen molar-refractivity contribution < 1.29 is 14.3 Å². The standard InChI is InChI=1S/C19H15ClN4O4/c1-28-17(25)13-4-2-3-12(9-13)10-23-18(26)21-16-11-22(19(27)24(16)23)15-7-5-14(20)6-8-15/h2-9H,10-11H2,1H3. The predicted octanol–water partition coefficient (Wildman–Crippen LogP) is 2.52. The first-order chi connectivity index (χ1) is 13.5. The maximum Gasteiger partial charge on any atom is 0.364 e. The summed E-state index contributed by atoms with van der Waals surface area (Å²) >= 11 is 5.91. The summed E-state index contributed by atoms with van der Waals surface area (Å²) in [5.41, 5.74) is 1.17. The SMILES string of the molecule is COC(=O)c1cccc(Cn2c(=O)nc3n2C(=O)N(c2ccc(Cl)cc2)C3)c1. The smallest absolute Gasteiger partial charge is 0.364 e. The number of carbonyl (C=O) groups excluding carboxylic acids is 2. The molecule has 0 spiro atoms. The molecule has 1 aliphatic heterocycles. The molecule has 0 radical (unpaired) electrons. The second-order valence-electron chi connectivity index (χ2n) is 6.22. The number of amides is 1. The van der Waals surface area contributed by atoms with Crippen LogP contribution in [0.5, 0.6) is 0 Å². The molecule has 142 valence electrons. The third-order valence-electron chi connectivity index (χ3n) is 4.46. The van der Waals surface area contributed by atoms with Gasteiger partial charge in [0.25, 0.3) is 0 Å². The van der Waals surface area contributed by atoms with Crippen LogP contribution in [-0.2, 0) is 17.8 Å². The molecule has 0 atom stereocenters. The number of esters is 1. The minimum Gasteiger partial charge on any atom is -0.465 e. The zero-order chi connectivity index (χ0) is 19.8. The highest BCUT2D eigenvalue weighted by Crippen LogP contribution is 2.24.